The maximum Gasteiger partial charge on any atom is 0.435 e. The summed E-state index contributed by atoms with van der Waals surface area (Å²) in [5.74, 6) is -0.785. The summed E-state index contributed by atoms with van der Waals surface area (Å²) in [5, 5.41) is 0.571. The van der Waals surface area contributed by atoms with E-state index in [1.54, 1.807) is 19.1 Å². The number of fused-ring (bicyclic) bond motifs is 1. The molecule has 180 valence electrons. The Kier molecular flexibility index (Phi) is 6.11. The highest BCUT2D eigenvalue weighted by Crippen LogP contribution is 2.35. The van der Waals surface area contributed by atoms with Crippen molar-refractivity contribution in [3.63, 3.8) is 0 Å². The number of hydrogen-bond donors (Lipinski definition) is 1. The Hall–Kier alpha value is -3.41. The first kappa shape index (κ1) is 23.7. The highest BCUT2D eigenvalue weighted by atomic mass is 32.1. The number of aromatic nitrogens is 2. The molecular formula is C22H21F3N4O4S. The van der Waals surface area contributed by atoms with Crippen LogP contribution in [0.2, 0.25) is 0 Å². The monoisotopic (exact) mass is 494 g/mol. The molecule has 3 heterocycles. The van der Waals surface area contributed by atoms with Crippen molar-refractivity contribution in [3.8, 4) is 5.75 Å². The van der Waals surface area contributed by atoms with Crippen molar-refractivity contribution in [2.45, 2.75) is 20.0 Å². The van der Waals surface area contributed by atoms with Crippen molar-refractivity contribution in [1.82, 2.24) is 19.8 Å². The average molecular weight is 494 g/mol. The summed E-state index contributed by atoms with van der Waals surface area (Å²) in [5.41, 5.74) is -0.301. The first-order chi connectivity index (χ1) is 16.0. The minimum absolute atomic E-state index is 0.0546. The topological polar surface area (TPSA) is 95.6 Å². The number of H-pyrrole nitrogens is 1. The van der Waals surface area contributed by atoms with Gasteiger partial charge in [0.2, 0.25) is 0 Å². The third kappa shape index (κ3) is 4.25. The van der Waals surface area contributed by atoms with Crippen LogP contribution < -0.4 is 10.2 Å². The van der Waals surface area contributed by atoms with Gasteiger partial charge in [0, 0.05) is 32.2 Å². The second-order valence-electron chi connectivity index (χ2n) is 7.87. The number of aryl methyl sites for hydroxylation is 2. The van der Waals surface area contributed by atoms with E-state index < -0.39 is 28.6 Å². The number of amides is 2. The smallest absolute Gasteiger partial charge is 0.435 e. The molecule has 0 aliphatic carbocycles. The van der Waals surface area contributed by atoms with E-state index in [9.17, 15) is 27.6 Å². The Balaban J connectivity index is 1.53. The quantitative estimate of drug-likeness (QED) is 0.603. The van der Waals surface area contributed by atoms with E-state index in [2.05, 4.69) is 9.97 Å². The van der Waals surface area contributed by atoms with Gasteiger partial charge in [-0.1, -0.05) is 6.07 Å². The number of halogens is 3. The molecule has 2 amide bonds. The minimum atomic E-state index is -4.73. The van der Waals surface area contributed by atoms with Gasteiger partial charge < -0.3 is 19.5 Å². The highest BCUT2D eigenvalue weighted by molar-refractivity contribution is 7.13. The molecule has 0 saturated carbocycles. The van der Waals surface area contributed by atoms with E-state index in [1.165, 1.54) is 29.9 Å². The SMILES string of the molecule is COc1ccc(C)c2c(=O)cc(C(=O)N3CCN(C(=O)c4sc(C)nc4C(F)(F)F)CC3)[nH]c12. The number of nitrogens with one attached hydrogen (secondary N) is 1. The Morgan fingerprint density at radius 2 is 1.71 bits per heavy atom. The fourth-order valence-electron chi connectivity index (χ4n) is 3.98. The molecule has 0 bridgehead atoms. The molecule has 1 aromatic carbocycles. The van der Waals surface area contributed by atoms with Crippen LogP contribution in [-0.4, -0.2) is 64.9 Å². The zero-order valence-electron chi connectivity index (χ0n) is 18.6. The number of thiazole rings is 1. The summed E-state index contributed by atoms with van der Waals surface area (Å²) < 4.78 is 45.1. The first-order valence-electron chi connectivity index (χ1n) is 10.3. The molecule has 1 fully saturated rings. The van der Waals surface area contributed by atoms with E-state index in [0.717, 1.165) is 5.56 Å². The standard InChI is InChI=1S/C22H21F3N4O4S/c1-11-4-5-15(33-3)17-16(11)14(30)10-13(27-17)20(31)28-6-8-29(9-7-28)21(32)18-19(22(23,24)25)26-12(2)34-18/h4-5,10H,6-9H2,1-3H3,(H,27,30). The number of ether oxygens (including phenoxy) is 1. The van der Waals surface area contributed by atoms with Crippen LogP contribution in [0.4, 0.5) is 13.2 Å². The normalized spacial score (nSPS) is 14.5. The molecule has 0 radical (unpaired) electrons. The summed E-state index contributed by atoms with van der Waals surface area (Å²) in [7, 11) is 1.46. The van der Waals surface area contributed by atoms with Gasteiger partial charge in [-0.25, -0.2) is 4.98 Å². The van der Waals surface area contributed by atoms with Crippen LogP contribution in [0.15, 0.2) is 23.0 Å². The third-order valence-corrected chi connectivity index (χ3v) is 6.62. The predicted molar refractivity (Wildman–Crippen MR) is 120 cm³/mol. The number of carbonyl (C=O) groups excluding carboxylic acids is 2. The van der Waals surface area contributed by atoms with Gasteiger partial charge in [0.1, 0.15) is 16.3 Å². The lowest BCUT2D eigenvalue weighted by atomic mass is 10.1. The number of rotatable bonds is 3. The lowest BCUT2D eigenvalue weighted by Gasteiger charge is -2.34. The summed E-state index contributed by atoms with van der Waals surface area (Å²) in [6, 6.07) is 4.68. The Morgan fingerprint density at radius 1 is 1.09 bits per heavy atom. The van der Waals surface area contributed by atoms with Crippen LogP contribution in [0.5, 0.6) is 5.75 Å². The number of piperazine rings is 1. The van der Waals surface area contributed by atoms with Crippen molar-refractivity contribution >= 4 is 34.1 Å². The van der Waals surface area contributed by atoms with Crippen LogP contribution in [0.25, 0.3) is 10.9 Å². The van der Waals surface area contributed by atoms with Crippen LogP contribution in [0.3, 0.4) is 0 Å². The maximum atomic E-state index is 13.3. The molecule has 0 atom stereocenters. The number of carbonyl (C=O) groups is 2. The summed E-state index contributed by atoms with van der Waals surface area (Å²) in [6.45, 7) is 3.51. The van der Waals surface area contributed by atoms with Gasteiger partial charge in [-0.15, -0.1) is 11.3 Å². The zero-order chi connectivity index (χ0) is 24.8. The fraction of sp³-hybridized carbons (Fsp3) is 0.364. The largest absolute Gasteiger partial charge is 0.495 e. The molecule has 2 aromatic heterocycles. The average Bonchev–Trinajstić information content (AvgIpc) is 3.20. The molecule has 0 spiro atoms. The molecule has 34 heavy (non-hydrogen) atoms. The third-order valence-electron chi connectivity index (χ3n) is 5.66. The van der Waals surface area contributed by atoms with Gasteiger partial charge in [0.25, 0.3) is 11.8 Å². The second-order valence-corrected chi connectivity index (χ2v) is 9.08. The molecule has 1 N–H and O–H groups in total. The first-order valence-corrected chi connectivity index (χ1v) is 11.2. The molecule has 1 saturated heterocycles. The molecule has 4 rings (SSSR count). The van der Waals surface area contributed by atoms with Gasteiger partial charge in [-0.2, -0.15) is 13.2 Å². The van der Waals surface area contributed by atoms with Crippen LogP contribution in [0, 0.1) is 13.8 Å². The minimum Gasteiger partial charge on any atom is -0.495 e. The number of pyridine rings is 1. The zero-order valence-corrected chi connectivity index (χ0v) is 19.4. The lowest BCUT2D eigenvalue weighted by Crippen LogP contribution is -2.51. The van der Waals surface area contributed by atoms with Crippen LogP contribution in [0.1, 0.15) is 36.4 Å². The fourth-order valence-corrected chi connectivity index (χ4v) is 4.89. The van der Waals surface area contributed by atoms with Crippen molar-refractivity contribution in [2.24, 2.45) is 0 Å². The number of nitrogens with zero attached hydrogens (tertiary/aromatic N) is 3. The van der Waals surface area contributed by atoms with Gasteiger partial charge in [0.15, 0.2) is 11.1 Å². The molecule has 1 aliphatic rings. The van der Waals surface area contributed by atoms with E-state index in [1.807, 2.05) is 0 Å². The van der Waals surface area contributed by atoms with Crippen molar-refractivity contribution in [3.05, 3.63) is 55.3 Å². The molecule has 1 aliphatic heterocycles. The van der Waals surface area contributed by atoms with Gasteiger partial charge in [-0.05, 0) is 25.5 Å². The lowest BCUT2D eigenvalue weighted by molar-refractivity contribution is -0.141. The van der Waals surface area contributed by atoms with Gasteiger partial charge >= 0.3 is 6.18 Å². The van der Waals surface area contributed by atoms with E-state index in [0.29, 0.717) is 28.0 Å². The van der Waals surface area contributed by atoms with E-state index >= 15 is 0 Å². The van der Waals surface area contributed by atoms with Crippen LogP contribution in [-0.2, 0) is 6.18 Å². The van der Waals surface area contributed by atoms with Crippen molar-refractivity contribution in [1.29, 1.82) is 0 Å². The van der Waals surface area contributed by atoms with Crippen molar-refractivity contribution < 1.29 is 27.5 Å². The number of alkyl halides is 3. The molecule has 12 heteroatoms. The molecule has 8 nitrogen and oxygen atoms in total. The van der Waals surface area contributed by atoms with Crippen molar-refractivity contribution in [2.75, 3.05) is 33.3 Å². The Bertz CT molecular complexity index is 1340. The summed E-state index contributed by atoms with van der Waals surface area (Å²) >= 11 is 0.700. The Labute approximate surface area is 196 Å². The van der Waals surface area contributed by atoms with Gasteiger partial charge in [0.05, 0.1) is 23.0 Å². The Morgan fingerprint density at radius 3 is 2.29 bits per heavy atom. The molecule has 0 unspecified atom stereocenters. The molecular weight excluding hydrogens is 473 g/mol. The summed E-state index contributed by atoms with van der Waals surface area (Å²) in [4.78, 5) is 47.2. The highest BCUT2D eigenvalue weighted by Gasteiger charge is 2.40. The predicted octanol–water partition coefficient (Wildman–Crippen LogP) is 3.23. The number of methoxy groups -OCH3 is 1. The maximum absolute atomic E-state index is 13.3. The van der Waals surface area contributed by atoms with E-state index in [-0.39, 0.29) is 42.3 Å². The van der Waals surface area contributed by atoms with E-state index in [4.69, 9.17) is 4.74 Å². The molecule has 3 aromatic rings. The number of benzene rings is 1. The van der Waals surface area contributed by atoms with Gasteiger partial charge in [-0.3, -0.25) is 14.4 Å². The second kappa shape index (κ2) is 8.75. The number of hydrogen-bond acceptors (Lipinski definition) is 6. The summed E-state index contributed by atoms with van der Waals surface area (Å²) in [6.07, 6.45) is -4.73. The number of aromatic amines is 1. The van der Waals surface area contributed by atoms with Crippen LogP contribution >= 0.6 is 11.3 Å².